The van der Waals surface area contributed by atoms with Crippen LogP contribution in [0.25, 0.3) is 0 Å². The molecule has 1 heterocycles. The van der Waals surface area contributed by atoms with Gasteiger partial charge in [-0.15, -0.1) is 0 Å². The van der Waals surface area contributed by atoms with Crippen molar-refractivity contribution in [1.29, 1.82) is 0 Å². The van der Waals surface area contributed by atoms with Crippen LogP contribution in [0.15, 0.2) is 35.5 Å². The van der Waals surface area contributed by atoms with Gasteiger partial charge in [-0.1, -0.05) is 0 Å². The van der Waals surface area contributed by atoms with E-state index >= 15 is 0 Å². The van der Waals surface area contributed by atoms with Crippen LogP contribution < -0.4 is 10.0 Å². The Morgan fingerprint density at radius 1 is 1.25 bits per heavy atom. The number of carbonyl (C=O) groups excluding carboxylic acids is 1. The van der Waals surface area contributed by atoms with Crippen LogP contribution in [0.1, 0.15) is 16.2 Å². The minimum Gasteiger partial charge on any atom is -0.355 e. The number of nitrogens with one attached hydrogen (secondary N) is 3. The van der Waals surface area contributed by atoms with Crippen LogP contribution in [-0.2, 0) is 10.0 Å². The number of hydrogen-bond donors (Lipinski definition) is 3. The Labute approximate surface area is 116 Å². The first-order chi connectivity index (χ1) is 9.42. The Morgan fingerprint density at radius 2 is 1.90 bits per heavy atom. The number of sulfonamides is 1. The van der Waals surface area contributed by atoms with E-state index in [0.29, 0.717) is 17.1 Å². The summed E-state index contributed by atoms with van der Waals surface area (Å²) in [4.78, 5) is 17.9. The molecule has 2 aromatic rings. The summed E-state index contributed by atoms with van der Waals surface area (Å²) in [5.41, 5.74) is 0.817. The lowest BCUT2D eigenvalue weighted by Crippen LogP contribution is -2.18. The number of aromatic amines is 1. The van der Waals surface area contributed by atoms with Crippen LogP contribution in [0.3, 0.4) is 0 Å². The molecule has 0 unspecified atom stereocenters. The first-order valence-electron chi connectivity index (χ1n) is 5.79. The van der Waals surface area contributed by atoms with E-state index in [2.05, 4.69) is 20.0 Å². The van der Waals surface area contributed by atoms with Crippen molar-refractivity contribution in [3.63, 3.8) is 0 Å². The van der Waals surface area contributed by atoms with Crippen molar-refractivity contribution < 1.29 is 13.2 Å². The molecule has 0 aliphatic heterocycles. The summed E-state index contributed by atoms with van der Waals surface area (Å²) < 4.78 is 26.5. The lowest BCUT2D eigenvalue weighted by Gasteiger charge is -2.07. The number of anilines is 1. The van der Waals surface area contributed by atoms with E-state index in [1.165, 1.54) is 37.5 Å². The second-order valence-electron chi connectivity index (χ2n) is 4.09. The highest BCUT2D eigenvalue weighted by Crippen LogP contribution is 2.15. The SMILES string of the molecule is CNC(=O)c1ccc(NS(=O)(=O)c2cnc(C)[nH]2)cc1. The number of amides is 1. The number of aryl methyl sites for hydroxylation is 1. The fourth-order valence-electron chi connectivity index (χ4n) is 1.58. The van der Waals surface area contributed by atoms with Gasteiger partial charge in [0.25, 0.3) is 15.9 Å². The summed E-state index contributed by atoms with van der Waals surface area (Å²) >= 11 is 0. The zero-order valence-electron chi connectivity index (χ0n) is 11.0. The zero-order chi connectivity index (χ0) is 14.8. The molecule has 1 amide bonds. The van der Waals surface area contributed by atoms with Crippen molar-refractivity contribution in [2.45, 2.75) is 11.9 Å². The van der Waals surface area contributed by atoms with Gasteiger partial charge < -0.3 is 10.3 Å². The van der Waals surface area contributed by atoms with Gasteiger partial charge in [-0.3, -0.25) is 9.52 Å². The normalized spacial score (nSPS) is 11.1. The van der Waals surface area contributed by atoms with E-state index in [4.69, 9.17) is 0 Å². The molecule has 0 atom stereocenters. The van der Waals surface area contributed by atoms with Crippen molar-refractivity contribution in [2.24, 2.45) is 0 Å². The fourth-order valence-corrected chi connectivity index (χ4v) is 2.61. The second kappa shape index (κ2) is 5.33. The molecule has 0 spiro atoms. The smallest absolute Gasteiger partial charge is 0.278 e. The van der Waals surface area contributed by atoms with Gasteiger partial charge in [-0.05, 0) is 31.2 Å². The Kier molecular flexibility index (Phi) is 3.75. The summed E-state index contributed by atoms with van der Waals surface area (Å²) in [6.07, 6.45) is 1.25. The molecule has 0 fully saturated rings. The van der Waals surface area contributed by atoms with Gasteiger partial charge in [-0.2, -0.15) is 8.42 Å². The van der Waals surface area contributed by atoms with Crippen molar-refractivity contribution in [1.82, 2.24) is 15.3 Å². The summed E-state index contributed by atoms with van der Waals surface area (Å²) in [7, 11) is -2.17. The van der Waals surface area contributed by atoms with E-state index in [-0.39, 0.29) is 10.9 Å². The Balaban J connectivity index is 2.20. The molecule has 0 bridgehead atoms. The molecule has 1 aromatic heterocycles. The lowest BCUT2D eigenvalue weighted by molar-refractivity contribution is 0.0963. The summed E-state index contributed by atoms with van der Waals surface area (Å²) in [6, 6.07) is 6.11. The predicted molar refractivity (Wildman–Crippen MR) is 74.0 cm³/mol. The Hall–Kier alpha value is -2.35. The highest BCUT2D eigenvalue weighted by molar-refractivity contribution is 7.92. The van der Waals surface area contributed by atoms with Gasteiger partial charge in [-0.25, -0.2) is 4.98 Å². The lowest BCUT2D eigenvalue weighted by atomic mass is 10.2. The molecular formula is C12H14N4O3S. The van der Waals surface area contributed by atoms with Crippen molar-refractivity contribution in [2.75, 3.05) is 11.8 Å². The first-order valence-corrected chi connectivity index (χ1v) is 7.27. The molecule has 20 heavy (non-hydrogen) atoms. The highest BCUT2D eigenvalue weighted by Gasteiger charge is 2.16. The van der Waals surface area contributed by atoms with Crippen LogP contribution in [0.4, 0.5) is 5.69 Å². The molecule has 0 saturated heterocycles. The van der Waals surface area contributed by atoms with Crippen molar-refractivity contribution in [3.8, 4) is 0 Å². The number of hydrogen-bond acceptors (Lipinski definition) is 4. The van der Waals surface area contributed by atoms with Gasteiger partial charge in [0.15, 0.2) is 5.03 Å². The van der Waals surface area contributed by atoms with Crippen molar-refractivity contribution >= 4 is 21.6 Å². The number of H-pyrrole nitrogens is 1. The number of nitrogens with zero attached hydrogens (tertiary/aromatic N) is 1. The van der Waals surface area contributed by atoms with Crippen molar-refractivity contribution in [3.05, 3.63) is 41.9 Å². The van der Waals surface area contributed by atoms with Crippen LogP contribution >= 0.6 is 0 Å². The molecule has 8 heteroatoms. The third-order valence-corrected chi connectivity index (χ3v) is 3.89. The molecule has 106 valence electrons. The topological polar surface area (TPSA) is 104 Å². The van der Waals surface area contributed by atoms with Gasteiger partial charge in [0.2, 0.25) is 0 Å². The number of rotatable bonds is 4. The van der Waals surface area contributed by atoms with Gasteiger partial charge >= 0.3 is 0 Å². The second-order valence-corrected chi connectivity index (χ2v) is 5.75. The van der Waals surface area contributed by atoms with Crippen LogP contribution in [0.5, 0.6) is 0 Å². The molecule has 2 rings (SSSR count). The number of carbonyl (C=O) groups is 1. The van der Waals surface area contributed by atoms with E-state index < -0.39 is 10.0 Å². The minimum absolute atomic E-state index is 0.00891. The Morgan fingerprint density at radius 3 is 2.40 bits per heavy atom. The van der Waals surface area contributed by atoms with E-state index in [1.54, 1.807) is 6.92 Å². The van der Waals surface area contributed by atoms with Crippen LogP contribution in [0.2, 0.25) is 0 Å². The van der Waals surface area contributed by atoms with E-state index in [9.17, 15) is 13.2 Å². The van der Waals surface area contributed by atoms with Crippen LogP contribution in [-0.4, -0.2) is 31.3 Å². The molecule has 0 aliphatic carbocycles. The molecule has 0 radical (unpaired) electrons. The average molecular weight is 294 g/mol. The molecule has 0 saturated carbocycles. The van der Waals surface area contributed by atoms with Crippen LogP contribution in [0, 0.1) is 6.92 Å². The summed E-state index contributed by atoms with van der Waals surface area (Å²) in [6.45, 7) is 1.66. The van der Waals surface area contributed by atoms with Gasteiger partial charge in [0, 0.05) is 18.3 Å². The van der Waals surface area contributed by atoms with Gasteiger partial charge in [0.05, 0.1) is 6.20 Å². The summed E-state index contributed by atoms with van der Waals surface area (Å²) in [5, 5.41) is 2.48. The molecule has 3 N–H and O–H groups in total. The minimum atomic E-state index is -3.70. The molecule has 7 nitrogen and oxygen atoms in total. The quantitative estimate of drug-likeness (QED) is 0.778. The highest BCUT2D eigenvalue weighted by atomic mass is 32.2. The maximum atomic E-state index is 12.0. The summed E-state index contributed by atoms with van der Waals surface area (Å²) in [5.74, 6) is 0.281. The predicted octanol–water partition coefficient (Wildman–Crippen LogP) is 0.879. The average Bonchev–Trinajstić information content (AvgIpc) is 2.86. The Bertz CT molecular complexity index is 719. The molecule has 0 aliphatic rings. The zero-order valence-corrected chi connectivity index (χ0v) is 11.8. The monoisotopic (exact) mass is 294 g/mol. The first kappa shape index (κ1) is 14.1. The van der Waals surface area contributed by atoms with Gasteiger partial charge in [0.1, 0.15) is 5.82 Å². The maximum absolute atomic E-state index is 12.0. The standard InChI is InChI=1S/C12H14N4O3S/c1-8-14-7-11(15-8)20(18,19)16-10-5-3-9(4-6-10)12(17)13-2/h3-7,16H,1-2H3,(H,13,17)(H,14,15). The number of aromatic nitrogens is 2. The number of benzene rings is 1. The molecular weight excluding hydrogens is 280 g/mol. The largest absolute Gasteiger partial charge is 0.355 e. The third-order valence-electron chi connectivity index (χ3n) is 2.60. The molecule has 1 aromatic carbocycles. The van der Waals surface area contributed by atoms with E-state index in [0.717, 1.165) is 0 Å². The third kappa shape index (κ3) is 2.97. The maximum Gasteiger partial charge on any atom is 0.278 e. The fraction of sp³-hybridized carbons (Fsp3) is 0.167. The number of imidazole rings is 1. The van der Waals surface area contributed by atoms with E-state index in [1.807, 2.05) is 0 Å².